The first-order chi connectivity index (χ1) is 9.29. The minimum absolute atomic E-state index is 0.304. The van der Waals surface area contributed by atoms with E-state index in [4.69, 9.17) is 4.43 Å². The summed E-state index contributed by atoms with van der Waals surface area (Å²) in [7, 11) is -1.58. The fourth-order valence-electron chi connectivity index (χ4n) is 2.29. The lowest BCUT2D eigenvalue weighted by Gasteiger charge is -2.36. The molecule has 0 amide bonds. The summed E-state index contributed by atoms with van der Waals surface area (Å²) in [6.07, 6.45) is 5.24. The quantitative estimate of drug-likeness (QED) is 0.651. The van der Waals surface area contributed by atoms with Crippen LogP contribution in [0.15, 0.2) is 18.3 Å². The second kappa shape index (κ2) is 5.86. The number of anilines is 1. The van der Waals surface area contributed by atoms with Crippen LogP contribution in [0.25, 0.3) is 0 Å². The minimum Gasteiger partial charge on any atom is -0.417 e. The van der Waals surface area contributed by atoms with E-state index in [-0.39, 0.29) is 0 Å². The minimum atomic E-state index is -1.58. The van der Waals surface area contributed by atoms with Gasteiger partial charge in [0, 0.05) is 18.8 Å². The maximum absolute atomic E-state index is 6.23. The summed E-state index contributed by atoms with van der Waals surface area (Å²) in [5.41, 5.74) is 1.35. The van der Waals surface area contributed by atoms with Crippen molar-refractivity contribution in [3.8, 4) is 0 Å². The molecule has 1 atom stereocenters. The second-order valence-corrected chi connectivity index (χ2v) is 12.1. The van der Waals surface area contributed by atoms with E-state index < -0.39 is 8.32 Å². The van der Waals surface area contributed by atoms with Crippen molar-refractivity contribution in [2.24, 2.45) is 0 Å². The summed E-state index contributed by atoms with van der Waals surface area (Å²) in [6, 6.07) is 4.72. The summed E-state index contributed by atoms with van der Waals surface area (Å²) < 4.78 is 6.23. The highest BCUT2D eigenvalue weighted by atomic mass is 28.4. The van der Waals surface area contributed by atoms with Crippen LogP contribution >= 0.6 is 0 Å². The van der Waals surface area contributed by atoms with E-state index in [1.165, 1.54) is 5.56 Å². The van der Waals surface area contributed by atoms with E-state index in [1.54, 1.807) is 0 Å². The first-order valence-electron chi connectivity index (χ1n) is 7.64. The molecule has 1 unspecified atom stereocenters. The number of fused-ring (bicyclic) bond motifs is 1. The lowest BCUT2D eigenvalue weighted by atomic mass is 10.1. The molecule has 1 aromatic heterocycles. The first-order valence-corrected chi connectivity index (χ1v) is 10.5. The zero-order valence-electron chi connectivity index (χ0n) is 13.5. The first kappa shape index (κ1) is 15.5. The van der Waals surface area contributed by atoms with E-state index in [0.717, 1.165) is 31.7 Å². The molecule has 112 valence electrons. The third-order valence-corrected chi connectivity index (χ3v) is 9.20. The Morgan fingerprint density at radius 1 is 1.40 bits per heavy atom. The predicted octanol–water partition coefficient (Wildman–Crippen LogP) is 4.22. The lowest BCUT2D eigenvalue weighted by Crippen LogP contribution is -2.41. The van der Waals surface area contributed by atoms with Gasteiger partial charge >= 0.3 is 0 Å². The number of hydrogen-bond donors (Lipinski definition) is 1. The average molecular weight is 292 g/mol. The maximum Gasteiger partial charge on any atom is 0.191 e. The fraction of sp³-hybridized carbons (Fsp3) is 0.688. The van der Waals surface area contributed by atoms with Crippen LogP contribution < -0.4 is 5.32 Å². The van der Waals surface area contributed by atoms with Crippen LogP contribution in [0.4, 0.5) is 5.82 Å². The predicted molar refractivity (Wildman–Crippen MR) is 87.7 cm³/mol. The number of nitrogens with zero attached hydrogens (tertiary/aromatic N) is 1. The summed E-state index contributed by atoms with van der Waals surface area (Å²) in [5.74, 6) is 1.07. The Bertz CT molecular complexity index is 429. The highest BCUT2D eigenvalue weighted by molar-refractivity contribution is 6.74. The lowest BCUT2D eigenvalue weighted by molar-refractivity contribution is 0.276. The van der Waals surface area contributed by atoms with Crippen LogP contribution in [0.5, 0.6) is 0 Å². The van der Waals surface area contributed by atoms with Crippen LogP contribution in [-0.4, -0.2) is 26.0 Å². The highest BCUT2D eigenvalue weighted by Crippen LogP contribution is 2.36. The maximum atomic E-state index is 6.23. The second-order valence-electron chi connectivity index (χ2n) is 7.31. The van der Waals surface area contributed by atoms with Crippen molar-refractivity contribution in [1.82, 2.24) is 4.98 Å². The third-order valence-electron chi connectivity index (χ3n) is 4.66. The molecule has 0 aliphatic carbocycles. The van der Waals surface area contributed by atoms with E-state index in [9.17, 15) is 0 Å². The van der Waals surface area contributed by atoms with Crippen molar-refractivity contribution in [2.45, 2.75) is 64.2 Å². The summed E-state index contributed by atoms with van der Waals surface area (Å²) in [5, 5.41) is 3.81. The molecule has 1 aliphatic heterocycles. The third kappa shape index (κ3) is 3.61. The van der Waals surface area contributed by atoms with Crippen molar-refractivity contribution in [2.75, 3.05) is 11.9 Å². The van der Waals surface area contributed by atoms with Crippen LogP contribution in [0.2, 0.25) is 18.1 Å². The Labute approximate surface area is 124 Å². The smallest absolute Gasteiger partial charge is 0.191 e. The van der Waals surface area contributed by atoms with Crippen molar-refractivity contribution in [1.29, 1.82) is 0 Å². The summed E-state index contributed by atoms with van der Waals surface area (Å²) >= 11 is 0. The van der Waals surface area contributed by atoms with Gasteiger partial charge in [-0.3, -0.25) is 0 Å². The molecule has 4 heteroatoms. The number of aromatic nitrogens is 1. The summed E-state index contributed by atoms with van der Waals surface area (Å²) in [4.78, 5) is 4.37. The van der Waals surface area contributed by atoms with Gasteiger partial charge in [-0.15, -0.1) is 0 Å². The van der Waals surface area contributed by atoms with Crippen molar-refractivity contribution < 1.29 is 4.43 Å². The molecule has 1 N–H and O–H groups in total. The topological polar surface area (TPSA) is 34.1 Å². The van der Waals surface area contributed by atoms with Gasteiger partial charge < -0.3 is 9.74 Å². The highest BCUT2D eigenvalue weighted by Gasteiger charge is 2.36. The molecule has 0 fully saturated rings. The molecule has 2 heterocycles. The molecule has 0 saturated carbocycles. The van der Waals surface area contributed by atoms with Crippen molar-refractivity contribution in [3.63, 3.8) is 0 Å². The summed E-state index contributed by atoms with van der Waals surface area (Å²) in [6.45, 7) is 12.4. The SMILES string of the molecule is CC(C)(C)[Si](C)(C)OCCCC1Cc2cccnc2N1. The molecule has 0 aromatic carbocycles. The van der Waals surface area contributed by atoms with Crippen LogP contribution in [-0.2, 0) is 10.8 Å². The van der Waals surface area contributed by atoms with Gasteiger partial charge in [0.25, 0.3) is 0 Å². The Balaban J connectivity index is 1.71. The van der Waals surface area contributed by atoms with E-state index in [2.05, 4.69) is 50.2 Å². The molecule has 0 radical (unpaired) electrons. The molecular formula is C16H28N2OSi. The molecule has 1 aromatic rings. The van der Waals surface area contributed by atoms with Gasteiger partial charge in [-0.25, -0.2) is 4.98 Å². The molecule has 20 heavy (non-hydrogen) atoms. The van der Waals surface area contributed by atoms with Gasteiger partial charge in [0.2, 0.25) is 0 Å². The molecule has 3 nitrogen and oxygen atoms in total. The molecular weight excluding hydrogens is 264 g/mol. The average Bonchev–Trinajstić information content (AvgIpc) is 2.76. The van der Waals surface area contributed by atoms with Crippen LogP contribution in [0, 0.1) is 0 Å². The Hall–Kier alpha value is -0.873. The van der Waals surface area contributed by atoms with Gasteiger partial charge in [0.1, 0.15) is 5.82 Å². The Kier molecular flexibility index (Phi) is 4.54. The Morgan fingerprint density at radius 2 is 2.15 bits per heavy atom. The number of pyridine rings is 1. The normalized spacial score (nSPS) is 18.8. The van der Waals surface area contributed by atoms with Gasteiger partial charge in [-0.05, 0) is 49.0 Å². The van der Waals surface area contributed by atoms with E-state index >= 15 is 0 Å². The molecule has 0 bridgehead atoms. The van der Waals surface area contributed by atoms with E-state index in [0.29, 0.717) is 11.1 Å². The molecule has 1 aliphatic rings. The molecule has 0 saturated heterocycles. The van der Waals surface area contributed by atoms with Gasteiger partial charge in [0.15, 0.2) is 8.32 Å². The number of rotatable bonds is 5. The van der Waals surface area contributed by atoms with E-state index in [1.807, 2.05) is 12.3 Å². The molecule has 0 spiro atoms. The van der Waals surface area contributed by atoms with Crippen molar-refractivity contribution in [3.05, 3.63) is 23.9 Å². The number of hydrogen-bond acceptors (Lipinski definition) is 3. The van der Waals surface area contributed by atoms with Crippen LogP contribution in [0.3, 0.4) is 0 Å². The van der Waals surface area contributed by atoms with Crippen LogP contribution in [0.1, 0.15) is 39.2 Å². The van der Waals surface area contributed by atoms with Gasteiger partial charge in [0.05, 0.1) is 0 Å². The fourth-order valence-corrected chi connectivity index (χ4v) is 3.38. The monoisotopic (exact) mass is 292 g/mol. The standard InChI is InChI=1S/C16H28N2OSi/c1-16(2,3)20(4,5)19-11-7-9-14-12-13-8-6-10-17-15(13)18-14/h6,8,10,14H,7,9,11-12H2,1-5H3,(H,17,18). The molecule has 2 rings (SSSR count). The van der Waals surface area contributed by atoms with Gasteiger partial charge in [-0.2, -0.15) is 0 Å². The zero-order valence-corrected chi connectivity index (χ0v) is 14.5. The zero-order chi connectivity index (χ0) is 14.8. The van der Waals surface area contributed by atoms with Gasteiger partial charge in [-0.1, -0.05) is 26.8 Å². The Morgan fingerprint density at radius 3 is 2.80 bits per heavy atom. The largest absolute Gasteiger partial charge is 0.417 e. The van der Waals surface area contributed by atoms with Crippen molar-refractivity contribution >= 4 is 14.1 Å². The number of nitrogens with one attached hydrogen (secondary N) is 1.